The predicted molar refractivity (Wildman–Crippen MR) is 104 cm³/mol. The molecule has 1 heterocycles. The molecule has 4 nitrogen and oxygen atoms in total. The summed E-state index contributed by atoms with van der Waals surface area (Å²) in [6, 6.07) is 15.0. The lowest BCUT2D eigenvalue weighted by atomic mass is 10.1. The average Bonchev–Trinajstić information content (AvgIpc) is 2.65. The van der Waals surface area contributed by atoms with Gasteiger partial charge in [0.2, 0.25) is 5.91 Å². The van der Waals surface area contributed by atoms with Gasteiger partial charge < -0.3 is 10.2 Å². The van der Waals surface area contributed by atoms with Crippen LogP contribution in [0.5, 0.6) is 0 Å². The number of carbonyl (C=O) groups is 1. The van der Waals surface area contributed by atoms with Gasteiger partial charge in [0.25, 0.3) is 0 Å². The summed E-state index contributed by atoms with van der Waals surface area (Å²) < 4.78 is 13.8. The molecule has 0 unspecified atom stereocenters. The zero-order chi connectivity index (χ0) is 18.4. The molecule has 0 aliphatic carbocycles. The molecule has 0 radical (unpaired) electrons. The van der Waals surface area contributed by atoms with E-state index in [9.17, 15) is 9.18 Å². The van der Waals surface area contributed by atoms with Gasteiger partial charge in [-0.25, -0.2) is 4.39 Å². The Morgan fingerprint density at radius 3 is 2.38 bits per heavy atom. The van der Waals surface area contributed by atoms with E-state index in [1.807, 2.05) is 43.3 Å². The van der Waals surface area contributed by atoms with Gasteiger partial charge in [-0.05, 0) is 36.8 Å². The smallest absolute Gasteiger partial charge is 0.224 e. The van der Waals surface area contributed by atoms with Gasteiger partial charge >= 0.3 is 0 Å². The van der Waals surface area contributed by atoms with Crippen LogP contribution < -0.4 is 10.2 Å². The van der Waals surface area contributed by atoms with Crippen LogP contribution in [0.2, 0.25) is 0 Å². The summed E-state index contributed by atoms with van der Waals surface area (Å²) in [5.41, 5.74) is 2.75. The fourth-order valence-electron chi connectivity index (χ4n) is 3.24. The molecule has 26 heavy (non-hydrogen) atoms. The van der Waals surface area contributed by atoms with Gasteiger partial charge in [0.05, 0.1) is 0 Å². The predicted octanol–water partition coefficient (Wildman–Crippen LogP) is 3.89. The lowest BCUT2D eigenvalue weighted by Crippen LogP contribution is -2.46. The average molecular weight is 355 g/mol. The third-order valence-corrected chi connectivity index (χ3v) is 4.72. The molecule has 1 N–H and O–H groups in total. The summed E-state index contributed by atoms with van der Waals surface area (Å²) in [6.07, 6.45) is 1.40. The van der Waals surface area contributed by atoms with Gasteiger partial charge in [-0.3, -0.25) is 9.69 Å². The van der Waals surface area contributed by atoms with Crippen molar-refractivity contribution >= 4 is 17.3 Å². The highest BCUT2D eigenvalue weighted by Crippen LogP contribution is 2.20. The zero-order valence-corrected chi connectivity index (χ0v) is 15.2. The van der Waals surface area contributed by atoms with Crippen molar-refractivity contribution in [2.75, 3.05) is 36.4 Å². The molecule has 0 bridgehead atoms. The first-order valence-corrected chi connectivity index (χ1v) is 9.26. The van der Waals surface area contributed by atoms with E-state index < -0.39 is 0 Å². The molecule has 1 saturated heterocycles. The molecule has 3 rings (SSSR count). The number of nitrogens with one attached hydrogen (secondary N) is 1. The summed E-state index contributed by atoms with van der Waals surface area (Å²) >= 11 is 0. The van der Waals surface area contributed by atoms with E-state index in [0.717, 1.165) is 49.5 Å². The summed E-state index contributed by atoms with van der Waals surface area (Å²) in [5, 5.41) is 2.91. The first-order chi connectivity index (χ1) is 12.7. The molecule has 0 atom stereocenters. The second-order valence-corrected chi connectivity index (χ2v) is 6.70. The quantitative estimate of drug-likeness (QED) is 0.854. The summed E-state index contributed by atoms with van der Waals surface area (Å²) in [6.45, 7) is 6.29. The summed E-state index contributed by atoms with van der Waals surface area (Å²) in [4.78, 5) is 16.3. The molecule has 1 aliphatic rings. The van der Waals surface area contributed by atoms with Crippen molar-refractivity contribution in [1.29, 1.82) is 0 Å². The zero-order valence-electron chi connectivity index (χ0n) is 15.2. The number of rotatable bonds is 6. The minimum Gasteiger partial charge on any atom is -0.369 e. The third-order valence-electron chi connectivity index (χ3n) is 4.72. The van der Waals surface area contributed by atoms with Gasteiger partial charge in [-0.1, -0.05) is 25.1 Å². The number of hydrogen-bond donors (Lipinski definition) is 1. The maximum Gasteiger partial charge on any atom is 0.224 e. The number of hydrogen-bond acceptors (Lipinski definition) is 3. The van der Waals surface area contributed by atoms with E-state index in [1.54, 1.807) is 6.07 Å². The van der Waals surface area contributed by atoms with Crippen molar-refractivity contribution in [3.8, 4) is 0 Å². The van der Waals surface area contributed by atoms with Gasteiger partial charge in [0.1, 0.15) is 5.82 Å². The van der Waals surface area contributed by atoms with Crippen LogP contribution >= 0.6 is 0 Å². The van der Waals surface area contributed by atoms with Crippen LogP contribution in [0.3, 0.4) is 0 Å². The highest BCUT2D eigenvalue weighted by atomic mass is 19.1. The highest BCUT2D eigenvalue weighted by Gasteiger charge is 2.18. The largest absolute Gasteiger partial charge is 0.369 e. The Kier molecular flexibility index (Phi) is 6.23. The van der Waals surface area contributed by atoms with Crippen LogP contribution in [0.15, 0.2) is 48.5 Å². The molecule has 5 heteroatoms. The van der Waals surface area contributed by atoms with Gasteiger partial charge in [0, 0.05) is 56.1 Å². The van der Waals surface area contributed by atoms with E-state index in [-0.39, 0.29) is 11.7 Å². The van der Waals surface area contributed by atoms with Crippen LogP contribution in [0.25, 0.3) is 0 Å². The molecule has 1 aliphatic heterocycles. The van der Waals surface area contributed by atoms with Crippen LogP contribution in [0.4, 0.5) is 15.8 Å². The molecule has 0 saturated carbocycles. The molecular formula is C21H26FN3O. The number of benzene rings is 2. The fraction of sp³-hybridized carbons (Fsp3) is 0.381. The van der Waals surface area contributed by atoms with Crippen molar-refractivity contribution in [2.24, 2.45) is 0 Å². The Hall–Kier alpha value is -2.40. The maximum atomic E-state index is 13.8. The third kappa shape index (κ3) is 4.82. The Morgan fingerprint density at radius 1 is 1.04 bits per heavy atom. The van der Waals surface area contributed by atoms with Gasteiger partial charge in [0.15, 0.2) is 0 Å². The van der Waals surface area contributed by atoms with Crippen molar-refractivity contribution < 1.29 is 9.18 Å². The van der Waals surface area contributed by atoms with Crippen molar-refractivity contribution in [3.05, 3.63) is 59.9 Å². The van der Waals surface area contributed by atoms with Crippen molar-refractivity contribution in [1.82, 2.24) is 4.90 Å². The standard InChI is InChI=1S/C21H26FN3O/c1-2-5-21(26)23-18-8-10-19(11-9-18)25-14-12-24(13-15-25)16-17-6-3-4-7-20(17)22/h3-4,6-11H,2,5,12-16H2,1H3,(H,23,26). The number of amides is 1. The van der Waals surface area contributed by atoms with Crippen molar-refractivity contribution in [3.63, 3.8) is 0 Å². The number of carbonyl (C=O) groups excluding carboxylic acids is 1. The molecule has 1 amide bonds. The molecule has 0 spiro atoms. The highest BCUT2D eigenvalue weighted by molar-refractivity contribution is 5.90. The number of nitrogens with zero attached hydrogens (tertiary/aromatic N) is 2. The van der Waals surface area contributed by atoms with Crippen molar-refractivity contribution in [2.45, 2.75) is 26.3 Å². The second kappa shape index (κ2) is 8.81. The Labute approximate surface area is 154 Å². The summed E-state index contributed by atoms with van der Waals surface area (Å²) in [7, 11) is 0. The molecule has 0 aromatic heterocycles. The van der Waals surface area contributed by atoms with E-state index in [4.69, 9.17) is 0 Å². The molecular weight excluding hydrogens is 329 g/mol. The topological polar surface area (TPSA) is 35.6 Å². The minimum atomic E-state index is -0.129. The van der Waals surface area contributed by atoms with Gasteiger partial charge in [-0.15, -0.1) is 0 Å². The van der Waals surface area contributed by atoms with Crippen LogP contribution in [-0.2, 0) is 11.3 Å². The SMILES string of the molecule is CCCC(=O)Nc1ccc(N2CCN(Cc3ccccc3F)CC2)cc1. The van der Waals surface area contributed by atoms with E-state index in [0.29, 0.717) is 13.0 Å². The van der Waals surface area contributed by atoms with Crippen LogP contribution in [-0.4, -0.2) is 37.0 Å². The molecule has 2 aromatic carbocycles. The number of anilines is 2. The maximum absolute atomic E-state index is 13.8. The first kappa shape index (κ1) is 18.4. The Balaban J connectivity index is 1.51. The fourth-order valence-corrected chi connectivity index (χ4v) is 3.24. The molecule has 2 aromatic rings. The Bertz CT molecular complexity index is 724. The second-order valence-electron chi connectivity index (χ2n) is 6.70. The Morgan fingerprint density at radius 2 is 1.73 bits per heavy atom. The van der Waals surface area contributed by atoms with Gasteiger partial charge in [-0.2, -0.15) is 0 Å². The van der Waals surface area contributed by atoms with E-state index in [2.05, 4.69) is 15.1 Å². The summed E-state index contributed by atoms with van der Waals surface area (Å²) in [5.74, 6) is -0.0716. The minimum absolute atomic E-state index is 0.0574. The molecule has 138 valence electrons. The number of halogens is 1. The van der Waals surface area contributed by atoms with E-state index in [1.165, 1.54) is 6.07 Å². The lowest BCUT2D eigenvalue weighted by Gasteiger charge is -2.36. The van der Waals surface area contributed by atoms with E-state index >= 15 is 0 Å². The first-order valence-electron chi connectivity index (χ1n) is 9.26. The monoisotopic (exact) mass is 355 g/mol. The number of piperazine rings is 1. The molecule has 1 fully saturated rings. The normalized spacial score (nSPS) is 15.1. The van der Waals surface area contributed by atoms with Crippen LogP contribution in [0, 0.1) is 5.82 Å². The van der Waals surface area contributed by atoms with Crippen LogP contribution in [0.1, 0.15) is 25.3 Å². The lowest BCUT2D eigenvalue weighted by molar-refractivity contribution is -0.116.